The fourth-order valence-corrected chi connectivity index (χ4v) is 1.22. The van der Waals surface area contributed by atoms with E-state index in [-0.39, 0.29) is 0 Å². The molecule has 0 spiro atoms. The van der Waals surface area contributed by atoms with Gasteiger partial charge >= 0.3 is 0 Å². The van der Waals surface area contributed by atoms with Crippen LogP contribution in [0.15, 0.2) is 54.6 Å². The van der Waals surface area contributed by atoms with Crippen LogP contribution in [0.1, 0.15) is 5.56 Å². The fourth-order valence-electron chi connectivity index (χ4n) is 0.952. The molecule has 2 rings (SSSR count). The Morgan fingerprint density at radius 1 is 0.750 bits per heavy atom. The Labute approximate surface area is 105 Å². The maximum Gasteiger partial charge on any atom is 0.0991 e. The molecular formula is C13H9Cl2N. The van der Waals surface area contributed by atoms with E-state index in [4.69, 9.17) is 28.5 Å². The quantitative estimate of drug-likeness (QED) is 0.672. The fraction of sp³-hybridized carbons (Fsp3) is 0. The van der Waals surface area contributed by atoms with Crippen molar-refractivity contribution < 1.29 is 0 Å². The SMILES string of the molecule is Clc1ccccc1Cl.N#Cc1ccccc1. The third-order valence-corrected chi connectivity index (χ3v) is 2.48. The van der Waals surface area contributed by atoms with Crippen LogP contribution < -0.4 is 0 Å². The van der Waals surface area contributed by atoms with Crippen molar-refractivity contribution in [2.75, 3.05) is 0 Å². The Bertz CT molecular complexity index is 454. The lowest BCUT2D eigenvalue weighted by Crippen LogP contribution is -1.66. The minimum Gasteiger partial charge on any atom is -0.192 e. The molecule has 16 heavy (non-hydrogen) atoms. The molecule has 2 aromatic carbocycles. The number of hydrogen-bond acceptors (Lipinski definition) is 1. The van der Waals surface area contributed by atoms with Crippen LogP contribution in [0.2, 0.25) is 10.0 Å². The number of rotatable bonds is 0. The van der Waals surface area contributed by atoms with Crippen LogP contribution in [-0.4, -0.2) is 0 Å². The van der Waals surface area contributed by atoms with Crippen LogP contribution in [0.4, 0.5) is 0 Å². The Morgan fingerprint density at radius 2 is 1.19 bits per heavy atom. The van der Waals surface area contributed by atoms with E-state index in [1.807, 2.05) is 36.4 Å². The van der Waals surface area contributed by atoms with Crippen LogP contribution in [-0.2, 0) is 0 Å². The van der Waals surface area contributed by atoms with Crippen molar-refractivity contribution in [2.45, 2.75) is 0 Å². The topological polar surface area (TPSA) is 23.8 Å². The van der Waals surface area contributed by atoms with Crippen molar-refractivity contribution in [3.05, 3.63) is 70.2 Å². The lowest BCUT2D eigenvalue weighted by molar-refractivity contribution is 1.49. The molecule has 0 heterocycles. The average Bonchev–Trinajstić information content (AvgIpc) is 2.35. The zero-order valence-electron chi connectivity index (χ0n) is 8.40. The van der Waals surface area contributed by atoms with E-state index in [9.17, 15) is 0 Å². The highest BCUT2D eigenvalue weighted by Gasteiger charge is 1.89. The van der Waals surface area contributed by atoms with E-state index in [2.05, 4.69) is 0 Å². The van der Waals surface area contributed by atoms with E-state index in [1.54, 1.807) is 24.3 Å². The van der Waals surface area contributed by atoms with Gasteiger partial charge in [0.25, 0.3) is 0 Å². The van der Waals surface area contributed by atoms with Crippen molar-refractivity contribution in [2.24, 2.45) is 0 Å². The molecular weight excluding hydrogens is 241 g/mol. The maximum atomic E-state index is 8.29. The van der Waals surface area contributed by atoms with Crippen LogP contribution in [0.3, 0.4) is 0 Å². The van der Waals surface area contributed by atoms with Gasteiger partial charge in [0, 0.05) is 0 Å². The van der Waals surface area contributed by atoms with Crippen molar-refractivity contribution in [3.63, 3.8) is 0 Å². The molecule has 80 valence electrons. The third kappa shape index (κ3) is 4.35. The minimum atomic E-state index is 0.606. The Hall–Kier alpha value is -1.49. The Morgan fingerprint density at radius 3 is 1.50 bits per heavy atom. The molecule has 0 aliphatic rings. The molecule has 0 bridgehead atoms. The molecule has 0 radical (unpaired) electrons. The summed E-state index contributed by atoms with van der Waals surface area (Å²) in [5.41, 5.74) is 0.715. The van der Waals surface area contributed by atoms with Gasteiger partial charge in [-0.1, -0.05) is 53.5 Å². The second-order valence-corrected chi connectivity index (χ2v) is 3.71. The molecule has 0 saturated heterocycles. The van der Waals surface area contributed by atoms with E-state index < -0.39 is 0 Å². The second kappa shape index (κ2) is 6.90. The Balaban J connectivity index is 0.000000160. The van der Waals surface area contributed by atoms with E-state index in [0.29, 0.717) is 15.6 Å². The number of halogens is 2. The van der Waals surface area contributed by atoms with E-state index >= 15 is 0 Å². The normalized spacial score (nSPS) is 8.56. The van der Waals surface area contributed by atoms with E-state index in [1.165, 1.54) is 0 Å². The van der Waals surface area contributed by atoms with E-state index in [0.717, 1.165) is 0 Å². The smallest absolute Gasteiger partial charge is 0.0991 e. The first-order valence-electron chi connectivity index (χ1n) is 4.59. The van der Waals surface area contributed by atoms with Gasteiger partial charge in [-0.05, 0) is 24.3 Å². The molecule has 0 aliphatic heterocycles. The van der Waals surface area contributed by atoms with Gasteiger partial charge in [0.05, 0.1) is 21.7 Å². The summed E-state index contributed by atoms with van der Waals surface area (Å²) in [4.78, 5) is 0. The summed E-state index contributed by atoms with van der Waals surface area (Å²) in [6, 6.07) is 18.4. The number of benzene rings is 2. The molecule has 0 aromatic heterocycles. The highest BCUT2D eigenvalue weighted by molar-refractivity contribution is 6.41. The highest BCUT2D eigenvalue weighted by atomic mass is 35.5. The molecule has 0 N–H and O–H groups in total. The summed E-state index contributed by atoms with van der Waals surface area (Å²) in [5, 5.41) is 9.50. The summed E-state index contributed by atoms with van der Waals surface area (Å²) in [6.07, 6.45) is 0. The average molecular weight is 250 g/mol. The zero-order chi connectivity index (χ0) is 11.8. The molecule has 1 nitrogen and oxygen atoms in total. The van der Waals surface area contributed by atoms with Gasteiger partial charge in [0.1, 0.15) is 0 Å². The largest absolute Gasteiger partial charge is 0.192 e. The molecule has 2 aromatic rings. The van der Waals surface area contributed by atoms with Crippen molar-refractivity contribution in [1.29, 1.82) is 5.26 Å². The van der Waals surface area contributed by atoms with Gasteiger partial charge in [0.15, 0.2) is 0 Å². The summed E-state index contributed by atoms with van der Waals surface area (Å²) >= 11 is 11.2. The van der Waals surface area contributed by atoms with Gasteiger partial charge in [-0.3, -0.25) is 0 Å². The summed E-state index contributed by atoms with van der Waals surface area (Å²) in [6.45, 7) is 0. The molecule has 3 heteroatoms. The van der Waals surface area contributed by atoms with Crippen molar-refractivity contribution in [1.82, 2.24) is 0 Å². The van der Waals surface area contributed by atoms with Crippen molar-refractivity contribution >= 4 is 23.2 Å². The predicted octanol–water partition coefficient (Wildman–Crippen LogP) is 4.55. The Kier molecular flexibility index (Phi) is 5.42. The summed E-state index contributed by atoms with van der Waals surface area (Å²) < 4.78 is 0. The predicted molar refractivity (Wildman–Crippen MR) is 67.6 cm³/mol. The van der Waals surface area contributed by atoms with Crippen LogP contribution >= 0.6 is 23.2 Å². The first-order chi connectivity index (χ1) is 7.74. The monoisotopic (exact) mass is 249 g/mol. The summed E-state index contributed by atoms with van der Waals surface area (Å²) in [5.74, 6) is 0. The first kappa shape index (κ1) is 12.6. The highest BCUT2D eigenvalue weighted by Crippen LogP contribution is 2.19. The maximum absolute atomic E-state index is 8.29. The first-order valence-corrected chi connectivity index (χ1v) is 5.35. The molecule has 0 saturated carbocycles. The number of nitrogens with zero attached hydrogens (tertiary/aromatic N) is 1. The minimum absolute atomic E-state index is 0.606. The van der Waals surface area contributed by atoms with Gasteiger partial charge in [-0.25, -0.2) is 0 Å². The third-order valence-electron chi connectivity index (χ3n) is 1.73. The van der Waals surface area contributed by atoms with Gasteiger partial charge in [-0.2, -0.15) is 5.26 Å². The second-order valence-electron chi connectivity index (χ2n) is 2.89. The molecule has 0 amide bonds. The zero-order valence-corrected chi connectivity index (χ0v) is 9.91. The standard InChI is InChI=1S/C7H5N.C6H4Cl2/c8-6-7-4-2-1-3-5-7;7-5-3-1-2-4-6(5)8/h1-5H;1-4H. The van der Waals surface area contributed by atoms with Crippen LogP contribution in [0, 0.1) is 11.3 Å². The van der Waals surface area contributed by atoms with Crippen LogP contribution in [0.25, 0.3) is 0 Å². The molecule has 0 unspecified atom stereocenters. The van der Waals surface area contributed by atoms with Gasteiger partial charge in [-0.15, -0.1) is 0 Å². The molecule has 0 aliphatic carbocycles. The summed E-state index contributed by atoms with van der Waals surface area (Å²) in [7, 11) is 0. The van der Waals surface area contributed by atoms with Crippen LogP contribution in [0.5, 0.6) is 0 Å². The van der Waals surface area contributed by atoms with Crippen molar-refractivity contribution in [3.8, 4) is 6.07 Å². The lowest BCUT2D eigenvalue weighted by atomic mass is 10.2. The molecule has 0 fully saturated rings. The number of hydrogen-bond donors (Lipinski definition) is 0. The van der Waals surface area contributed by atoms with Gasteiger partial charge < -0.3 is 0 Å². The molecule has 0 atom stereocenters. The lowest BCUT2D eigenvalue weighted by Gasteiger charge is -1.88. The number of nitriles is 1. The van der Waals surface area contributed by atoms with Gasteiger partial charge in [0.2, 0.25) is 0 Å².